The molecule has 0 N–H and O–H groups in total. The number of amides is 1. The Bertz CT molecular complexity index is 1320. The van der Waals surface area contributed by atoms with Gasteiger partial charge in [0.25, 0.3) is 0 Å². The molecule has 1 aliphatic heterocycles. The molecule has 30 heavy (non-hydrogen) atoms. The molecule has 2 aliphatic rings. The lowest BCUT2D eigenvalue weighted by molar-refractivity contribution is -0.123. The number of sulfone groups is 1. The van der Waals surface area contributed by atoms with Gasteiger partial charge in [-0.15, -0.1) is 0 Å². The number of rotatable bonds is 4. The highest BCUT2D eigenvalue weighted by atomic mass is 32.2. The van der Waals surface area contributed by atoms with Crippen LogP contribution in [0.25, 0.3) is 16.6 Å². The van der Waals surface area contributed by atoms with Crippen molar-refractivity contribution in [2.75, 3.05) is 17.7 Å². The number of anilines is 1. The Hall–Kier alpha value is -3.25. The van der Waals surface area contributed by atoms with Gasteiger partial charge < -0.3 is 4.90 Å². The summed E-state index contributed by atoms with van der Waals surface area (Å²) in [7, 11) is -3.37. The van der Waals surface area contributed by atoms with Gasteiger partial charge in [0.2, 0.25) is 5.91 Å². The first-order valence-corrected chi connectivity index (χ1v) is 11.6. The molecule has 0 unspecified atom stereocenters. The van der Waals surface area contributed by atoms with Crippen LogP contribution in [0.1, 0.15) is 19.3 Å². The molecule has 0 radical (unpaired) electrons. The molecule has 9 heteroatoms. The third-order valence-electron chi connectivity index (χ3n) is 6.06. The maximum atomic E-state index is 13.2. The van der Waals surface area contributed by atoms with Crippen LogP contribution in [0.3, 0.4) is 0 Å². The van der Waals surface area contributed by atoms with Crippen molar-refractivity contribution >= 4 is 26.9 Å². The molecule has 8 nitrogen and oxygen atoms in total. The maximum Gasteiger partial charge on any atom is 0.247 e. The zero-order valence-electron chi connectivity index (χ0n) is 16.3. The highest BCUT2D eigenvalue weighted by Gasteiger charge is 2.56. The quantitative estimate of drug-likeness (QED) is 0.640. The minimum Gasteiger partial charge on any atom is -0.309 e. The summed E-state index contributed by atoms with van der Waals surface area (Å²) in [6.07, 6.45) is 8.50. The van der Waals surface area contributed by atoms with Crippen molar-refractivity contribution in [3.8, 4) is 17.2 Å². The highest BCUT2D eigenvalue weighted by molar-refractivity contribution is 7.90. The molecule has 1 amide bonds. The molecule has 1 aliphatic carbocycles. The summed E-state index contributed by atoms with van der Waals surface area (Å²) in [5.74, 6) is 0.0437. The SMILES string of the molecule is CS(=O)(=O)c1ccc(-c2cc3c(N4CC[C@@](C#N)(C5CC5)C4=O)ccnn3c2)cn1. The first-order chi connectivity index (χ1) is 14.3. The lowest BCUT2D eigenvalue weighted by atomic mass is 9.83. The van der Waals surface area contributed by atoms with E-state index in [-0.39, 0.29) is 16.9 Å². The fourth-order valence-electron chi connectivity index (χ4n) is 4.27. The van der Waals surface area contributed by atoms with Crippen molar-refractivity contribution in [2.45, 2.75) is 24.3 Å². The van der Waals surface area contributed by atoms with E-state index >= 15 is 0 Å². The van der Waals surface area contributed by atoms with Crippen LogP contribution < -0.4 is 4.90 Å². The summed E-state index contributed by atoms with van der Waals surface area (Å²) in [6, 6.07) is 9.18. The fraction of sp³-hybridized carbons (Fsp3) is 0.333. The van der Waals surface area contributed by atoms with E-state index in [2.05, 4.69) is 16.2 Å². The highest BCUT2D eigenvalue weighted by Crippen LogP contribution is 2.52. The van der Waals surface area contributed by atoms with Crippen LogP contribution in [0.15, 0.2) is 47.9 Å². The lowest BCUT2D eigenvalue weighted by Crippen LogP contribution is -2.35. The normalized spacial score (nSPS) is 21.9. The third kappa shape index (κ3) is 2.79. The first-order valence-electron chi connectivity index (χ1n) is 9.70. The number of pyridine rings is 1. The molecular weight excluding hydrogens is 402 g/mol. The predicted octanol–water partition coefficient (Wildman–Crippen LogP) is 2.46. The minimum atomic E-state index is -3.37. The van der Waals surface area contributed by atoms with Crippen molar-refractivity contribution in [3.05, 3.63) is 42.9 Å². The summed E-state index contributed by atoms with van der Waals surface area (Å²) in [5.41, 5.74) is 2.12. The van der Waals surface area contributed by atoms with E-state index in [9.17, 15) is 18.5 Å². The number of hydrogen-bond donors (Lipinski definition) is 0. The Balaban J connectivity index is 1.54. The number of nitriles is 1. The largest absolute Gasteiger partial charge is 0.309 e. The Labute approximate surface area is 173 Å². The monoisotopic (exact) mass is 421 g/mol. The average molecular weight is 421 g/mol. The summed E-state index contributed by atoms with van der Waals surface area (Å²) >= 11 is 0. The predicted molar refractivity (Wildman–Crippen MR) is 109 cm³/mol. The van der Waals surface area contributed by atoms with E-state index < -0.39 is 15.3 Å². The Morgan fingerprint density at radius 3 is 2.67 bits per heavy atom. The summed E-state index contributed by atoms with van der Waals surface area (Å²) < 4.78 is 25.0. The molecule has 3 aromatic rings. The number of fused-ring (bicyclic) bond motifs is 1. The van der Waals surface area contributed by atoms with Gasteiger partial charge >= 0.3 is 0 Å². The number of hydrogen-bond acceptors (Lipinski definition) is 6. The number of nitrogens with zero attached hydrogens (tertiary/aromatic N) is 5. The van der Waals surface area contributed by atoms with Gasteiger partial charge in [-0.05, 0) is 49.4 Å². The molecule has 0 bridgehead atoms. The van der Waals surface area contributed by atoms with Crippen LogP contribution in [0, 0.1) is 22.7 Å². The van der Waals surface area contributed by atoms with Gasteiger partial charge in [0.15, 0.2) is 14.9 Å². The lowest BCUT2D eigenvalue weighted by Gasteiger charge is -2.21. The number of carbonyl (C=O) groups excluding carboxylic acids is 1. The topological polar surface area (TPSA) is 108 Å². The molecule has 1 atom stereocenters. The van der Waals surface area contributed by atoms with Crippen LogP contribution in [0.4, 0.5) is 5.69 Å². The molecule has 2 fully saturated rings. The molecule has 5 rings (SSSR count). The van der Waals surface area contributed by atoms with E-state index in [1.54, 1.807) is 27.7 Å². The summed E-state index contributed by atoms with van der Waals surface area (Å²) in [4.78, 5) is 18.9. The van der Waals surface area contributed by atoms with Gasteiger partial charge in [0, 0.05) is 42.5 Å². The van der Waals surface area contributed by atoms with E-state index in [1.807, 2.05) is 12.3 Å². The maximum absolute atomic E-state index is 13.2. The molecule has 0 spiro atoms. The number of carbonyl (C=O) groups is 1. The van der Waals surface area contributed by atoms with Gasteiger partial charge in [-0.1, -0.05) is 0 Å². The van der Waals surface area contributed by atoms with E-state index in [0.717, 1.165) is 41.4 Å². The molecule has 3 aromatic heterocycles. The summed E-state index contributed by atoms with van der Waals surface area (Å²) in [5, 5.41) is 14.1. The van der Waals surface area contributed by atoms with Gasteiger partial charge in [-0.25, -0.2) is 17.9 Å². The molecule has 1 saturated heterocycles. The molecule has 152 valence electrons. The number of aromatic nitrogens is 3. The van der Waals surface area contributed by atoms with Crippen LogP contribution in [-0.4, -0.2) is 41.7 Å². The first kappa shape index (κ1) is 18.8. The summed E-state index contributed by atoms with van der Waals surface area (Å²) in [6.45, 7) is 0.508. The third-order valence-corrected chi connectivity index (χ3v) is 7.06. The smallest absolute Gasteiger partial charge is 0.247 e. The van der Waals surface area contributed by atoms with Crippen molar-refractivity contribution < 1.29 is 13.2 Å². The Morgan fingerprint density at radius 2 is 2.03 bits per heavy atom. The molecule has 4 heterocycles. The van der Waals surface area contributed by atoms with Gasteiger partial charge in [0.05, 0.1) is 17.3 Å². The molecule has 1 saturated carbocycles. The van der Waals surface area contributed by atoms with Gasteiger partial charge in [-0.3, -0.25) is 4.79 Å². The van der Waals surface area contributed by atoms with Crippen molar-refractivity contribution in [1.82, 2.24) is 14.6 Å². The second-order valence-corrected chi connectivity index (χ2v) is 9.96. The Morgan fingerprint density at radius 1 is 1.23 bits per heavy atom. The molecular formula is C21H19N5O3S. The average Bonchev–Trinajstić information content (AvgIpc) is 3.40. The molecule has 0 aromatic carbocycles. The van der Waals surface area contributed by atoms with Crippen molar-refractivity contribution in [1.29, 1.82) is 5.26 Å². The van der Waals surface area contributed by atoms with E-state index in [1.165, 1.54) is 12.3 Å². The van der Waals surface area contributed by atoms with Crippen LogP contribution in [0.5, 0.6) is 0 Å². The minimum absolute atomic E-state index is 0.0180. The fourth-order valence-corrected chi connectivity index (χ4v) is 4.83. The Kier molecular flexibility index (Phi) is 3.98. The van der Waals surface area contributed by atoms with Crippen LogP contribution in [-0.2, 0) is 14.6 Å². The second kappa shape index (κ2) is 6.37. The van der Waals surface area contributed by atoms with Gasteiger partial charge in [-0.2, -0.15) is 10.4 Å². The van der Waals surface area contributed by atoms with Gasteiger partial charge in [0.1, 0.15) is 5.41 Å². The van der Waals surface area contributed by atoms with E-state index in [0.29, 0.717) is 13.0 Å². The van der Waals surface area contributed by atoms with E-state index in [4.69, 9.17) is 0 Å². The van der Waals surface area contributed by atoms with Crippen LogP contribution in [0.2, 0.25) is 0 Å². The van der Waals surface area contributed by atoms with Crippen molar-refractivity contribution in [2.24, 2.45) is 11.3 Å². The van der Waals surface area contributed by atoms with Crippen LogP contribution >= 0.6 is 0 Å². The zero-order valence-corrected chi connectivity index (χ0v) is 17.1. The standard InChI is InChI=1S/C21H19N5O3S/c1-30(28,29)19-5-2-14(11-23-19)15-10-18-17(6-8-24-26(18)12-15)25-9-7-21(13-22,20(25)27)16-3-4-16/h2,5-6,8,10-12,16H,3-4,7,9H2,1H3/t21-/m1/s1. The second-order valence-electron chi connectivity index (χ2n) is 8.00. The van der Waals surface area contributed by atoms with Crippen molar-refractivity contribution in [3.63, 3.8) is 0 Å². The zero-order chi connectivity index (χ0) is 21.1.